The molecule has 0 fully saturated rings. The molecule has 2 N–H and O–H groups in total. The first-order valence-corrected chi connectivity index (χ1v) is 13.5. The number of hydrogen-bond acceptors (Lipinski definition) is 11. The van der Waals surface area contributed by atoms with Gasteiger partial charge in [0, 0.05) is 52.3 Å². The van der Waals surface area contributed by atoms with E-state index < -0.39 is 14.6 Å². The van der Waals surface area contributed by atoms with Crippen molar-refractivity contribution in [2.24, 2.45) is 0 Å². The Morgan fingerprint density at radius 3 is 1.95 bits per heavy atom. The molecule has 2 atom stereocenters. The second-order valence-electron chi connectivity index (χ2n) is 8.32. The minimum absolute atomic E-state index is 0. The van der Waals surface area contributed by atoms with Crippen LogP contribution >= 0.6 is 8.53 Å². The van der Waals surface area contributed by atoms with Crippen LogP contribution in [0.25, 0.3) is 0 Å². The first-order valence-electron chi connectivity index (χ1n) is 12.4. The molecule has 0 heterocycles. The third kappa shape index (κ3) is 23.3. The first-order chi connectivity index (χ1) is 17.3. The fraction of sp³-hybridized carbons (Fsp3) is 0.913. The molecule has 37 heavy (non-hydrogen) atoms. The molecular weight excluding hydrogens is 685 g/mol. The van der Waals surface area contributed by atoms with Gasteiger partial charge in [0.15, 0.2) is 0 Å². The minimum Gasteiger partial charge on any atom is -0.379 e. The number of hydrogen-bond donors (Lipinski definition) is 2. The summed E-state index contributed by atoms with van der Waals surface area (Å²) in [6.07, 6.45) is 0.477. The summed E-state index contributed by atoms with van der Waals surface area (Å²) < 4.78 is 36.0. The van der Waals surface area contributed by atoms with Crippen molar-refractivity contribution in [1.29, 1.82) is 5.26 Å². The molecule has 0 aliphatic heterocycles. The van der Waals surface area contributed by atoms with E-state index in [1.807, 2.05) is 27.7 Å². The van der Waals surface area contributed by atoms with Crippen molar-refractivity contribution in [3.63, 3.8) is 0 Å². The minimum atomic E-state index is -1.47. The van der Waals surface area contributed by atoms with Gasteiger partial charge in [-0.1, -0.05) is 0 Å². The van der Waals surface area contributed by atoms with Crippen LogP contribution in [0.1, 0.15) is 47.5 Å². The zero-order chi connectivity index (χ0) is 27.0. The Bertz CT molecular complexity index is 566. The zero-order valence-electron chi connectivity index (χ0n) is 22.8. The Morgan fingerprint density at radius 1 is 0.919 bits per heavy atom. The number of carbonyl (C=O) groups is 1. The van der Waals surface area contributed by atoms with E-state index in [1.54, 1.807) is 0 Å². The summed E-state index contributed by atoms with van der Waals surface area (Å²) in [5.41, 5.74) is 0. The van der Waals surface area contributed by atoms with E-state index >= 15 is 0 Å². The number of nitriles is 1. The summed E-state index contributed by atoms with van der Waals surface area (Å²) in [7, 11) is -1.47. The Balaban J connectivity index is 0. The molecule has 0 aliphatic carbocycles. The van der Waals surface area contributed by atoms with Gasteiger partial charge >= 0.3 is 0 Å². The van der Waals surface area contributed by atoms with Crippen LogP contribution in [0.2, 0.25) is 0 Å². The normalized spacial score (nSPS) is 13.0. The number of nitrogens with one attached hydrogen (secondary N) is 1. The average Bonchev–Trinajstić information content (AvgIpc) is 2.81. The summed E-state index contributed by atoms with van der Waals surface area (Å²) in [6.45, 7) is 13.8. The smallest absolute Gasteiger partial charge is 0.259 e. The quantitative estimate of drug-likeness (QED) is 0.0620. The molecular formula is C23H46IrN3O9P. The van der Waals surface area contributed by atoms with Crippen LogP contribution in [0, 0.1) is 11.3 Å². The number of carbonyl (C=O) groups excluding carboxylic acids is 1. The van der Waals surface area contributed by atoms with Crippen molar-refractivity contribution in [1.82, 2.24) is 9.99 Å². The van der Waals surface area contributed by atoms with Crippen molar-refractivity contribution >= 4 is 14.4 Å². The van der Waals surface area contributed by atoms with E-state index in [1.165, 1.54) is 6.92 Å². The summed E-state index contributed by atoms with van der Waals surface area (Å²) in [5, 5.41) is 20.5. The molecule has 0 saturated carbocycles. The predicted octanol–water partition coefficient (Wildman–Crippen LogP) is 2.73. The van der Waals surface area contributed by atoms with Crippen LogP contribution in [-0.2, 0) is 57.8 Å². The fourth-order valence-electron chi connectivity index (χ4n) is 2.93. The average molecular weight is 732 g/mol. The van der Waals surface area contributed by atoms with Gasteiger partial charge in [-0.05, 0) is 34.1 Å². The number of amides is 1. The van der Waals surface area contributed by atoms with Crippen molar-refractivity contribution in [2.75, 3.05) is 72.6 Å². The first kappa shape index (κ1) is 38.8. The largest absolute Gasteiger partial charge is 0.379 e. The van der Waals surface area contributed by atoms with Crippen molar-refractivity contribution in [2.45, 2.75) is 65.6 Å². The molecule has 0 spiro atoms. The van der Waals surface area contributed by atoms with Gasteiger partial charge < -0.3 is 33.3 Å². The topological polar surface area (TPSA) is 141 Å². The summed E-state index contributed by atoms with van der Waals surface area (Å²) in [6, 6.07) is 2.38. The van der Waals surface area contributed by atoms with E-state index in [4.69, 9.17) is 38.5 Å². The van der Waals surface area contributed by atoms with Gasteiger partial charge in [0.25, 0.3) is 8.53 Å². The standard InChI is InChI=1S/C23H46N3O9P.Ir/c1-20(2)26(21(3)4)36(34-11-6-8-24)35-23(19-33-28)18-32-17-16-31-15-14-30-13-12-29-10-7-9-25-22(5)27;/h20-21,23,28H,6-7,9-19H2,1-5H3,(H,25,27);. The van der Waals surface area contributed by atoms with E-state index in [0.717, 1.165) is 6.42 Å². The molecule has 0 aromatic carbocycles. The maximum absolute atomic E-state index is 10.7. The van der Waals surface area contributed by atoms with E-state index in [-0.39, 0.29) is 64.3 Å². The molecule has 0 aromatic heterocycles. The molecule has 0 saturated heterocycles. The third-order valence-corrected chi connectivity index (χ3v) is 6.60. The molecule has 2 unspecified atom stereocenters. The number of rotatable bonds is 25. The summed E-state index contributed by atoms with van der Waals surface area (Å²) in [4.78, 5) is 15.0. The predicted molar refractivity (Wildman–Crippen MR) is 135 cm³/mol. The van der Waals surface area contributed by atoms with Crippen LogP contribution in [0.3, 0.4) is 0 Å². The monoisotopic (exact) mass is 732 g/mol. The Morgan fingerprint density at radius 2 is 1.46 bits per heavy atom. The van der Waals surface area contributed by atoms with Gasteiger partial charge in [-0.15, -0.1) is 0 Å². The molecule has 0 rings (SSSR count). The van der Waals surface area contributed by atoms with Gasteiger partial charge in [0.05, 0.1) is 65.3 Å². The van der Waals surface area contributed by atoms with Crippen LogP contribution < -0.4 is 5.32 Å². The van der Waals surface area contributed by atoms with E-state index in [9.17, 15) is 4.79 Å². The zero-order valence-corrected chi connectivity index (χ0v) is 26.1. The molecule has 0 bridgehead atoms. The molecule has 221 valence electrons. The van der Waals surface area contributed by atoms with Crippen LogP contribution in [0.15, 0.2) is 0 Å². The van der Waals surface area contributed by atoms with Crippen LogP contribution in [-0.4, -0.2) is 107 Å². The maximum atomic E-state index is 10.7. The van der Waals surface area contributed by atoms with Gasteiger partial charge in [0.2, 0.25) is 5.91 Å². The molecule has 14 heteroatoms. The Hall–Kier alpha value is -0.321. The second-order valence-corrected chi connectivity index (χ2v) is 9.72. The molecule has 1 amide bonds. The number of ether oxygens (including phenoxy) is 4. The van der Waals surface area contributed by atoms with Gasteiger partial charge in [-0.3, -0.25) is 10.1 Å². The van der Waals surface area contributed by atoms with Crippen molar-refractivity contribution in [3.8, 4) is 6.07 Å². The van der Waals surface area contributed by atoms with Crippen molar-refractivity contribution < 1.29 is 63.0 Å². The van der Waals surface area contributed by atoms with Gasteiger partial charge in [-0.25, -0.2) is 9.56 Å². The van der Waals surface area contributed by atoms with Gasteiger partial charge in [0.1, 0.15) is 12.7 Å². The van der Waals surface area contributed by atoms with Crippen LogP contribution in [0.4, 0.5) is 0 Å². The van der Waals surface area contributed by atoms with Crippen LogP contribution in [0.5, 0.6) is 0 Å². The molecule has 12 nitrogen and oxygen atoms in total. The van der Waals surface area contributed by atoms with E-state index in [0.29, 0.717) is 52.8 Å². The SMILES string of the molecule is CC(=O)NCCCOCCOCCOCCOCC(COO)OP(OCCC#N)N(C(C)C)C(C)C.[Ir]. The van der Waals surface area contributed by atoms with E-state index in [2.05, 4.69) is 20.9 Å². The second kappa shape index (κ2) is 27.3. The summed E-state index contributed by atoms with van der Waals surface area (Å²) >= 11 is 0. The van der Waals surface area contributed by atoms with Gasteiger partial charge in [-0.2, -0.15) is 5.26 Å². The molecule has 1 radical (unpaired) electrons. The third-order valence-electron chi connectivity index (χ3n) is 4.42. The fourth-order valence-corrected chi connectivity index (χ4v) is 4.61. The number of nitrogens with zero attached hydrogens (tertiary/aromatic N) is 2. The molecule has 0 aliphatic rings. The Labute approximate surface area is 236 Å². The summed E-state index contributed by atoms with van der Waals surface area (Å²) in [5.74, 6) is -0.0389. The molecule has 0 aromatic rings. The maximum Gasteiger partial charge on any atom is 0.259 e. The Kier molecular flexibility index (Phi) is 28.6. The van der Waals surface area contributed by atoms with Crippen molar-refractivity contribution in [3.05, 3.63) is 0 Å².